The lowest BCUT2D eigenvalue weighted by Crippen LogP contribution is -2.43. The average molecular weight is 407 g/mol. The molecule has 3 aromatic rings. The van der Waals surface area contributed by atoms with Gasteiger partial charge in [0.25, 0.3) is 0 Å². The zero-order chi connectivity index (χ0) is 21.1. The summed E-state index contributed by atoms with van der Waals surface area (Å²) in [5.41, 5.74) is 6.47. The van der Waals surface area contributed by atoms with E-state index in [9.17, 15) is 4.79 Å². The molecule has 1 aliphatic heterocycles. The minimum atomic E-state index is -0.0571. The van der Waals surface area contributed by atoms with Crippen molar-refractivity contribution >= 4 is 16.9 Å². The molecule has 4 rings (SSSR count). The summed E-state index contributed by atoms with van der Waals surface area (Å²) in [4.78, 5) is 15.4. The van der Waals surface area contributed by atoms with E-state index in [1.807, 2.05) is 0 Å². The Balaban J connectivity index is 1.51. The fraction of sp³-hybridized carbons (Fsp3) is 0.400. The number of rotatable bonds is 6. The minimum absolute atomic E-state index is 0.00904. The van der Waals surface area contributed by atoms with Gasteiger partial charge in [-0.1, -0.05) is 42.0 Å². The molecule has 0 spiro atoms. The number of carbonyl (C=O) groups excluding carboxylic acids is 1. The standard InChI is InChI=1S/C25H30N2O3/c1-17-4-7-20(8-5-17)23(15-27-10-12-29-13-11-27)26-24(28)14-21-16-30-25-19(3)18(2)6-9-22(21)25/h4-9,16,23H,10-15H2,1-3H3,(H,26,28)/t23-/m1/s1. The van der Waals surface area contributed by atoms with Gasteiger partial charge in [-0.05, 0) is 37.5 Å². The van der Waals surface area contributed by atoms with Crippen molar-refractivity contribution < 1.29 is 13.9 Å². The Morgan fingerprint density at radius 3 is 2.53 bits per heavy atom. The Labute approximate surface area is 178 Å². The van der Waals surface area contributed by atoms with Crippen LogP contribution in [0.3, 0.4) is 0 Å². The van der Waals surface area contributed by atoms with E-state index in [0.717, 1.165) is 60.5 Å². The molecule has 158 valence electrons. The third-order valence-electron chi connectivity index (χ3n) is 6.05. The molecule has 1 fully saturated rings. The highest BCUT2D eigenvalue weighted by Crippen LogP contribution is 2.27. The molecule has 0 aliphatic carbocycles. The zero-order valence-corrected chi connectivity index (χ0v) is 18.0. The van der Waals surface area contributed by atoms with Crippen LogP contribution in [0.5, 0.6) is 0 Å². The lowest BCUT2D eigenvalue weighted by molar-refractivity contribution is -0.121. The maximum atomic E-state index is 13.0. The van der Waals surface area contributed by atoms with Gasteiger partial charge in [-0.3, -0.25) is 9.69 Å². The number of fused-ring (bicyclic) bond motifs is 1. The van der Waals surface area contributed by atoms with Gasteiger partial charge in [0.15, 0.2) is 0 Å². The molecule has 5 heteroatoms. The van der Waals surface area contributed by atoms with Crippen molar-refractivity contribution in [2.45, 2.75) is 33.2 Å². The Hall–Kier alpha value is -2.63. The number of furan rings is 1. The van der Waals surface area contributed by atoms with Gasteiger partial charge < -0.3 is 14.5 Å². The van der Waals surface area contributed by atoms with Crippen molar-refractivity contribution in [3.8, 4) is 0 Å². The highest BCUT2D eigenvalue weighted by Gasteiger charge is 2.21. The van der Waals surface area contributed by atoms with E-state index >= 15 is 0 Å². The summed E-state index contributed by atoms with van der Waals surface area (Å²) in [5.74, 6) is 0.00904. The lowest BCUT2D eigenvalue weighted by Gasteiger charge is -2.31. The van der Waals surface area contributed by atoms with Crippen molar-refractivity contribution in [1.82, 2.24) is 10.2 Å². The first kappa shape index (κ1) is 20.6. The van der Waals surface area contributed by atoms with E-state index < -0.39 is 0 Å². The number of nitrogens with one attached hydrogen (secondary N) is 1. The number of hydrogen-bond acceptors (Lipinski definition) is 4. The SMILES string of the molecule is Cc1ccc([C@@H](CN2CCOCC2)NC(=O)Cc2coc3c(C)c(C)ccc23)cc1. The maximum absolute atomic E-state index is 13.0. The van der Waals surface area contributed by atoms with Crippen molar-refractivity contribution in [3.63, 3.8) is 0 Å². The summed E-state index contributed by atoms with van der Waals surface area (Å²) < 4.78 is 11.3. The molecule has 0 saturated carbocycles. The number of ether oxygens (including phenoxy) is 1. The zero-order valence-electron chi connectivity index (χ0n) is 18.0. The molecule has 0 bridgehead atoms. The predicted octanol–water partition coefficient (Wildman–Crippen LogP) is 4.09. The fourth-order valence-electron chi connectivity index (χ4n) is 4.02. The molecule has 2 heterocycles. The van der Waals surface area contributed by atoms with Crippen molar-refractivity contribution in [3.05, 3.63) is 70.5 Å². The van der Waals surface area contributed by atoms with Crippen LogP contribution in [0.2, 0.25) is 0 Å². The predicted molar refractivity (Wildman–Crippen MR) is 119 cm³/mol. The van der Waals surface area contributed by atoms with Crippen LogP contribution in [0.15, 0.2) is 47.1 Å². The largest absolute Gasteiger partial charge is 0.464 e. The third-order valence-corrected chi connectivity index (χ3v) is 6.05. The number of benzene rings is 2. The summed E-state index contributed by atoms with van der Waals surface area (Å²) >= 11 is 0. The molecule has 1 aliphatic rings. The summed E-state index contributed by atoms with van der Waals surface area (Å²) in [6, 6.07) is 12.5. The van der Waals surface area contributed by atoms with E-state index in [-0.39, 0.29) is 11.9 Å². The Morgan fingerprint density at radius 2 is 1.80 bits per heavy atom. The van der Waals surface area contributed by atoms with Gasteiger partial charge in [0.1, 0.15) is 5.58 Å². The van der Waals surface area contributed by atoms with Gasteiger partial charge in [-0.2, -0.15) is 0 Å². The molecular weight excluding hydrogens is 376 g/mol. The van der Waals surface area contributed by atoms with Crippen LogP contribution in [-0.2, 0) is 16.0 Å². The van der Waals surface area contributed by atoms with Gasteiger partial charge >= 0.3 is 0 Å². The van der Waals surface area contributed by atoms with E-state index in [0.29, 0.717) is 6.42 Å². The number of hydrogen-bond donors (Lipinski definition) is 1. The van der Waals surface area contributed by atoms with Crippen LogP contribution < -0.4 is 5.32 Å². The van der Waals surface area contributed by atoms with Crippen molar-refractivity contribution in [2.75, 3.05) is 32.8 Å². The summed E-state index contributed by atoms with van der Waals surface area (Å²) in [5, 5.41) is 4.29. The summed E-state index contributed by atoms with van der Waals surface area (Å²) in [6.45, 7) is 10.3. The fourth-order valence-corrected chi connectivity index (χ4v) is 4.02. The molecule has 0 unspecified atom stereocenters. The van der Waals surface area contributed by atoms with Crippen LogP contribution in [0.4, 0.5) is 0 Å². The second-order valence-electron chi connectivity index (χ2n) is 8.27. The molecule has 5 nitrogen and oxygen atoms in total. The quantitative estimate of drug-likeness (QED) is 0.670. The summed E-state index contributed by atoms with van der Waals surface area (Å²) in [6.07, 6.45) is 2.03. The number of aryl methyl sites for hydroxylation is 3. The second-order valence-corrected chi connectivity index (χ2v) is 8.27. The van der Waals surface area contributed by atoms with Gasteiger partial charge in [0, 0.05) is 30.6 Å². The number of nitrogens with zero attached hydrogens (tertiary/aromatic N) is 1. The average Bonchev–Trinajstić information content (AvgIpc) is 3.15. The van der Waals surface area contributed by atoms with Crippen molar-refractivity contribution in [2.24, 2.45) is 0 Å². The number of carbonyl (C=O) groups is 1. The topological polar surface area (TPSA) is 54.7 Å². The molecule has 0 radical (unpaired) electrons. The van der Waals surface area contributed by atoms with Crippen LogP contribution in [0.25, 0.3) is 11.0 Å². The molecule has 30 heavy (non-hydrogen) atoms. The first-order valence-electron chi connectivity index (χ1n) is 10.6. The van der Waals surface area contributed by atoms with Crippen LogP contribution in [0.1, 0.15) is 33.9 Å². The molecule has 2 aromatic carbocycles. The molecule has 1 atom stereocenters. The monoisotopic (exact) mass is 406 g/mol. The first-order valence-corrected chi connectivity index (χ1v) is 10.6. The Bertz CT molecular complexity index is 1020. The van der Waals surface area contributed by atoms with E-state index in [2.05, 4.69) is 67.4 Å². The first-order chi connectivity index (χ1) is 14.5. The van der Waals surface area contributed by atoms with E-state index in [1.165, 1.54) is 11.1 Å². The van der Waals surface area contributed by atoms with Crippen molar-refractivity contribution in [1.29, 1.82) is 0 Å². The number of morpholine rings is 1. The smallest absolute Gasteiger partial charge is 0.225 e. The Kier molecular flexibility index (Phi) is 6.21. The van der Waals surface area contributed by atoms with Crippen LogP contribution in [-0.4, -0.2) is 43.7 Å². The van der Waals surface area contributed by atoms with Crippen LogP contribution in [0, 0.1) is 20.8 Å². The minimum Gasteiger partial charge on any atom is -0.464 e. The molecular formula is C25H30N2O3. The van der Waals surface area contributed by atoms with Gasteiger partial charge in [0.2, 0.25) is 5.91 Å². The number of amides is 1. The van der Waals surface area contributed by atoms with Gasteiger partial charge in [-0.15, -0.1) is 0 Å². The summed E-state index contributed by atoms with van der Waals surface area (Å²) in [7, 11) is 0. The third kappa shape index (κ3) is 4.58. The maximum Gasteiger partial charge on any atom is 0.225 e. The molecule has 1 amide bonds. The van der Waals surface area contributed by atoms with E-state index in [1.54, 1.807) is 6.26 Å². The van der Waals surface area contributed by atoms with Gasteiger partial charge in [0.05, 0.1) is 31.9 Å². The molecule has 1 N–H and O–H groups in total. The van der Waals surface area contributed by atoms with Crippen LogP contribution >= 0.6 is 0 Å². The van der Waals surface area contributed by atoms with E-state index in [4.69, 9.17) is 9.15 Å². The lowest BCUT2D eigenvalue weighted by atomic mass is 10.0. The second kappa shape index (κ2) is 9.02. The highest BCUT2D eigenvalue weighted by atomic mass is 16.5. The highest BCUT2D eigenvalue weighted by molar-refractivity contribution is 5.89. The molecule has 1 saturated heterocycles. The van der Waals surface area contributed by atoms with Gasteiger partial charge in [-0.25, -0.2) is 0 Å². The molecule has 1 aromatic heterocycles. The Morgan fingerprint density at radius 1 is 1.07 bits per heavy atom. The normalized spacial score (nSPS) is 16.0.